The van der Waals surface area contributed by atoms with E-state index in [1.807, 2.05) is 35.7 Å². The third-order valence-electron chi connectivity index (χ3n) is 3.00. The molecule has 102 valence electrons. The van der Waals surface area contributed by atoms with Crippen molar-refractivity contribution >= 4 is 23.3 Å². The predicted molar refractivity (Wildman–Crippen MR) is 76.2 cm³/mol. The van der Waals surface area contributed by atoms with Crippen LogP contribution in [0.25, 0.3) is 5.65 Å². The van der Waals surface area contributed by atoms with Gasteiger partial charge >= 0.3 is 0 Å². The van der Waals surface area contributed by atoms with Crippen molar-refractivity contribution in [3.05, 3.63) is 24.4 Å². The number of fused-ring (bicyclic) bond motifs is 1. The standard InChI is InChI=1S/C13H18N4OS/c1-9(2)10(3)14-12(18)8-19-13-16-15-11-6-4-5-7-17(11)13/h4-7,9-10H,8H2,1-3H3,(H,14,18)/t10-/m0/s1. The van der Waals surface area contributed by atoms with E-state index in [4.69, 9.17) is 0 Å². The molecular weight excluding hydrogens is 260 g/mol. The van der Waals surface area contributed by atoms with E-state index in [2.05, 4.69) is 29.4 Å². The largest absolute Gasteiger partial charge is 0.353 e. The second-order valence-electron chi connectivity index (χ2n) is 4.80. The number of hydrogen-bond acceptors (Lipinski definition) is 4. The van der Waals surface area contributed by atoms with Crippen LogP contribution in [0.5, 0.6) is 0 Å². The lowest BCUT2D eigenvalue weighted by Gasteiger charge is -2.16. The Labute approximate surface area is 116 Å². The lowest BCUT2D eigenvalue weighted by atomic mass is 10.1. The Morgan fingerprint density at radius 1 is 1.37 bits per heavy atom. The lowest BCUT2D eigenvalue weighted by molar-refractivity contribution is -0.119. The van der Waals surface area contributed by atoms with E-state index in [0.29, 0.717) is 11.7 Å². The molecule has 2 rings (SSSR count). The second-order valence-corrected chi connectivity index (χ2v) is 5.74. The van der Waals surface area contributed by atoms with Gasteiger partial charge in [-0.1, -0.05) is 31.7 Å². The summed E-state index contributed by atoms with van der Waals surface area (Å²) in [5.74, 6) is 0.814. The summed E-state index contributed by atoms with van der Waals surface area (Å²) in [4.78, 5) is 11.8. The van der Waals surface area contributed by atoms with Gasteiger partial charge in [0.25, 0.3) is 0 Å². The molecule has 0 radical (unpaired) electrons. The summed E-state index contributed by atoms with van der Waals surface area (Å²) in [6.45, 7) is 6.19. The molecule has 1 atom stereocenters. The molecule has 1 amide bonds. The number of pyridine rings is 1. The van der Waals surface area contributed by atoms with Crippen LogP contribution >= 0.6 is 11.8 Å². The minimum Gasteiger partial charge on any atom is -0.353 e. The van der Waals surface area contributed by atoms with E-state index in [0.717, 1.165) is 10.8 Å². The number of nitrogens with zero attached hydrogens (tertiary/aromatic N) is 3. The lowest BCUT2D eigenvalue weighted by Crippen LogP contribution is -2.37. The Morgan fingerprint density at radius 2 is 2.16 bits per heavy atom. The van der Waals surface area contributed by atoms with E-state index in [-0.39, 0.29) is 11.9 Å². The van der Waals surface area contributed by atoms with Crippen LogP contribution in [0.2, 0.25) is 0 Å². The summed E-state index contributed by atoms with van der Waals surface area (Å²) in [7, 11) is 0. The average molecular weight is 278 g/mol. The highest BCUT2D eigenvalue weighted by atomic mass is 32.2. The maximum Gasteiger partial charge on any atom is 0.230 e. The fourth-order valence-corrected chi connectivity index (χ4v) is 2.25. The summed E-state index contributed by atoms with van der Waals surface area (Å²) >= 11 is 1.40. The maximum absolute atomic E-state index is 11.8. The SMILES string of the molecule is CC(C)[C@H](C)NC(=O)CSc1nnc2ccccn12. The van der Waals surface area contributed by atoms with Gasteiger partial charge in [0.15, 0.2) is 10.8 Å². The predicted octanol–water partition coefficient (Wildman–Crippen LogP) is 1.98. The molecule has 0 aromatic carbocycles. The smallest absolute Gasteiger partial charge is 0.230 e. The van der Waals surface area contributed by atoms with Crippen molar-refractivity contribution in [1.82, 2.24) is 19.9 Å². The molecule has 0 aliphatic rings. The molecule has 2 heterocycles. The molecule has 1 N–H and O–H groups in total. The topological polar surface area (TPSA) is 59.3 Å². The molecule has 0 saturated carbocycles. The number of amides is 1. The number of rotatable bonds is 5. The van der Waals surface area contributed by atoms with Crippen LogP contribution in [-0.4, -0.2) is 32.3 Å². The Kier molecular flexibility index (Phi) is 4.42. The maximum atomic E-state index is 11.8. The van der Waals surface area contributed by atoms with Crippen molar-refractivity contribution < 1.29 is 4.79 Å². The molecule has 0 unspecified atom stereocenters. The Balaban J connectivity index is 1.94. The van der Waals surface area contributed by atoms with Gasteiger partial charge in [-0.25, -0.2) is 0 Å². The number of hydrogen-bond donors (Lipinski definition) is 1. The van der Waals surface area contributed by atoms with Gasteiger partial charge < -0.3 is 5.32 Å². The van der Waals surface area contributed by atoms with Gasteiger partial charge in [-0.3, -0.25) is 9.20 Å². The van der Waals surface area contributed by atoms with Gasteiger partial charge in [-0.15, -0.1) is 10.2 Å². The van der Waals surface area contributed by atoms with Crippen LogP contribution in [0, 0.1) is 5.92 Å². The first kappa shape index (κ1) is 13.9. The Hall–Kier alpha value is -1.56. The third-order valence-corrected chi connectivity index (χ3v) is 3.95. The molecule has 5 nitrogen and oxygen atoms in total. The first-order chi connectivity index (χ1) is 9.08. The highest BCUT2D eigenvalue weighted by molar-refractivity contribution is 7.99. The first-order valence-corrected chi connectivity index (χ1v) is 7.28. The van der Waals surface area contributed by atoms with E-state index >= 15 is 0 Å². The molecule has 0 aliphatic heterocycles. The van der Waals surface area contributed by atoms with Crippen molar-refractivity contribution in [2.24, 2.45) is 5.92 Å². The van der Waals surface area contributed by atoms with Crippen molar-refractivity contribution in [2.45, 2.75) is 32.0 Å². The van der Waals surface area contributed by atoms with Crippen LogP contribution in [0.3, 0.4) is 0 Å². The minimum atomic E-state index is 0.0267. The number of nitrogens with one attached hydrogen (secondary N) is 1. The molecule has 0 bridgehead atoms. The van der Waals surface area contributed by atoms with Crippen molar-refractivity contribution in [3.8, 4) is 0 Å². The number of aromatic nitrogens is 3. The van der Waals surface area contributed by atoms with Crippen LogP contribution < -0.4 is 5.32 Å². The summed E-state index contributed by atoms with van der Waals surface area (Å²) in [5.41, 5.74) is 0.793. The molecule has 0 aliphatic carbocycles. The van der Waals surface area contributed by atoms with Crippen molar-refractivity contribution in [1.29, 1.82) is 0 Å². The molecule has 2 aromatic heterocycles. The van der Waals surface area contributed by atoms with Gasteiger partial charge in [0, 0.05) is 12.2 Å². The highest BCUT2D eigenvalue weighted by Crippen LogP contribution is 2.16. The van der Waals surface area contributed by atoms with E-state index in [1.165, 1.54) is 11.8 Å². The quantitative estimate of drug-likeness (QED) is 0.850. The van der Waals surface area contributed by atoms with E-state index in [9.17, 15) is 4.79 Å². The monoisotopic (exact) mass is 278 g/mol. The van der Waals surface area contributed by atoms with Crippen molar-refractivity contribution in [2.75, 3.05) is 5.75 Å². The average Bonchev–Trinajstić information content (AvgIpc) is 2.79. The minimum absolute atomic E-state index is 0.0267. The molecule has 6 heteroatoms. The summed E-state index contributed by atoms with van der Waals surface area (Å²) in [6, 6.07) is 5.90. The third kappa shape index (κ3) is 3.47. The summed E-state index contributed by atoms with van der Waals surface area (Å²) in [6.07, 6.45) is 1.90. The van der Waals surface area contributed by atoms with Gasteiger partial charge in [0.2, 0.25) is 5.91 Å². The number of thioether (sulfide) groups is 1. The number of carbonyl (C=O) groups is 1. The van der Waals surface area contributed by atoms with Crippen LogP contribution in [0.4, 0.5) is 0 Å². The molecule has 0 fully saturated rings. The molecular formula is C13H18N4OS. The normalized spacial score (nSPS) is 12.8. The molecule has 2 aromatic rings. The fraction of sp³-hybridized carbons (Fsp3) is 0.462. The molecule has 0 spiro atoms. The second kappa shape index (κ2) is 6.06. The zero-order chi connectivity index (χ0) is 13.8. The van der Waals surface area contributed by atoms with Gasteiger partial charge in [0.1, 0.15) is 0 Å². The van der Waals surface area contributed by atoms with E-state index < -0.39 is 0 Å². The van der Waals surface area contributed by atoms with E-state index in [1.54, 1.807) is 0 Å². The van der Waals surface area contributed by atoms with Gasteiger partial charge in [-0.05, 0) is 25.0 Å². The fourth-order valence-electron chi connectivity index (χ4n) is 1.51. The van der Waals surface area contributed by atoms with Crippen LogP contribution in [-0.2, 0) is 4.79 Å². The van der Waals surface area contributed by atoms with Crippen LogP contribution in [0.1, 0.15) is 20.8 Å². The molecule has 19 heavy (non-hydrogen) atoms. The Morgan fingerprint density at radius 3 is 2.89 bits per heavy atom. The highest BCUT2D eigenvalue weighted by Gasteiger charge is 2.12. The summed E-state index contributed by atoms with van der Waals surface area (Å²) in [5, 5.41) is 11.8. The first-order valence-electron chi connectivity index (χ1n) is 6.30. The van der Waals surface area contributed by atoms with Crippen LogP contribution in [0.15, 0.2) is 29.6 Å². The zero-order valence-electron chi connectivity index (χ0n) is 11.3. The van der Waals surface area contributed by atoms with Crippen molar-refractivity contribution in [3.63, 3.8) is 0 Å². The zero-order valence-corrected chi connectivity index (χ0v) is 12.1. The number of carbonyl (C=O) groups excluding carboxylic acids is 1. The molecule has 0 saturated heterocycles. The summed E-state index contributed by atoms with van der Waals surface area (Å²) < 4.78 is 1.88. The Bertz CT molecular complexity index is 567. The van der Waals surface area contributed by atoms with Gasteiger partial charge in [0.05, 0.1) is 5.75 Å². The van der Waals surface area contributed by atoms with Gasteiger partial charge in [-0.2, -0.15) is 0 Å².